The number of aryl methyl sites for hydroxylation is 1. The molecule has 1 unspecified atom stereocenters. The molecule has 5 heteroatoms. The summed E-state index contributed by atoms with van der Waals surface area (Å²) in [5.41, 5.74) is 1.49. The molecule has 1 aliphatic rings. The van der Waals surface area contributed by atoms with Crippen LogP contribution in [0.3, 0.4) is 0 Å². The maximum absolute atomic E-state index is 11.7. The van der Waals surface area contributed by atoms with Crippen LogP contribution >= 0.6 is 10.7 Å². The van der Waals surface area contributed by atoms with E-state index in [4.69, 9.17) is 15.4 Å². The minimum atomic E-state index is -3.75. The van der Waals surface area contributed by atoms with Crippen LogP contribution in [0.2, 0.25) is 0 Å². The molecule has 2 rings (SSSR count). The molecule has 0 radical (unpaired) electrons. The molecule has 0 saturated carbocycles. The van der Waals surface area contributed by atoms with Crippen LogP contribution in [-0.4, -0.2) is 14.5 Å². The van der Waals surface area contributed by atoms with Gasteiger partial charge in [-0.3, -0.25) is 0 Å². The number of allylic oxidation sites excluding steroid dienone is 1. The molecule has 1 aromatic carbocycles. The fourth-order valence-electron chi connectivity index (χ4n) is 2.51. The van der Waals surface area contributed by atoms with Crippen molar-refractivity contribution < 1.29 is 13.2 Å². The molecule has 3 nitrogen and oxygen atoms in total. The summed E-state index contributed by atoms with van der Waals surface area (Å²) in [4.78, 5) is 0.184. The van der Waals surface area contributed by atoms with E-state index < -0.39 is 9.05 Å². The number of benzene rings is 1. The van der Waals surface area contributed by atoms with Gasteiger partial charge in [0.2, 0.25) is 0 Å². The quantitative estimate of drug-likeness (QED) is 0.602. The second kappa shape index (κ2) is 6.41. The van der Waals surface area contributed by atoms with Crippen LogP contribution in [0.4, 0.5) is 0 Å². The van der Waals surface area contributed by atoms with Crippen molar-refractivity contribution in [2.24, 2.45) is 0 Å². The van der Waals surface area contributed by atoms with Gasteiger partial charge in [0.15, 0.2) is 0 Å². The van der Waals surface area contributed by atoms with Crippen molar-refractivity contribution in [2.45, 2.75) is 57.0 Å². The number of hydrogen-bond donors (Lipinski definition) is 0. The third kappa shape index (κ3) is 4.01. The van der Waals surface area contributed by atoms with Gasteiger partial charge in [-0.2, -0.15) is 0 Å². The Morgan fingerprint density at radius 1 is 1.33 bits per heavy atom. The lowest BCUT2D eigenvalue weighted by molar-refractivity contribution is 0.228. The molecule has 0 aromatic heterocycles. The summed E-state index contributed by atoms with van der Waals surface area (Å²) < 4.78 is 29.5. The standard InChI is InChI=1S/C16H21ClO3S/c1-11(2)14-10-15(20-13-7-5-4-6-8-13)12(3)9-16(14)21(17,18)19/h5,7,9-11,13H,4,6,8H2,1-3H3. The summed E-state index contributed by atoms with van der Waals surface area (Å²) in [5, 5.41) is 0. The zero-order chi connectivity index (χ0) is 15.6. The fourth-order valence-corrected chi connectivity index (χ4v) is 3.80. The number of rotatable bonds is 4. The first-order valence-electron chi connectivity index (χ1n) is 7.21. The molecule has 0 N–H and O–H groups in total. The van der Waals surface area contributed by atoms with Gasteiger partial charge in [-0.1, -0.05) is 19.9 Å². The molecule has 1 aromatic rings. The second-order valence-corrected chi connectivity index (χ2v) is 8.30. The molecule has 1 aliphatic carbocycles. The topological polar surface area (TPSA) is 43.4 Å². The van der Waals surface area contributed by atoms with Gasteiger partial charge in [-0.05, 0) is 61.4 Å². The second-order valence-electron chi connectivity index (χ2n) is 5.76. The Hall–Kier alpha value is -1.00. The van der Waals surface area contributed by atoms with E-state index in [-0.39, 0.29) is 16.9 Å². The first kappa shape index (κ1) is 16.4. The molecule has 0 amide bonds. The monoisotopic (exact) mass is 328 g/mol. The minimum Gasteiger partial charge on any atom is -0.486 e. The van der Waals surface area contributed by atoms with Gasteiger partial charge in [-0.25, -0.2) is 8.42 Å². The Kier molecular flexibility index (Phi) is 4.99. The van der Waals surface area contributed by atoms with Gasteiger partial charge >= 0.3 is 0 Å². The van der Waals surface area contributed by atoms with E-state index in [1.165, 1.54) is 0 Å². The van der Waals surface area contributed by atoms with Crippen LogP contribution in [0, 0.1) is 6.92 Å². The van der Waals surface area contributed by atoms with E-state index in [1.807, 2.05) is 26.8 Å². The van der Waals surface area contributed by atoms with E-state index in [9.17, 15) is 8.42 Å². The van der Waals surface area contributed by atoms with Crippen LogP contribution in [0.5, 0.6) is 5.75 Å². The zero-order valence-corrected chi connectivity index (χ0v) is 14.2. The normalized spacial score (nSPS) is 19.0. The summed E-state index contributed by atoms with van der Waals surface area (Å²) in [6.07, 6.45) is 7.47. The number of hydrogen-bond acceptors (Lipinski definition) is 3. The molecule has 0 spiro atoms. The molecular weight excluding hydrogens is 308 g/mol. The van der Waals surface area contributed by atoms with Crippen molar-refractivity contribution in [1.82, 2.24) is 0 Å². The highest BCUT2D eigenvalue weighted by Crippen LogP contribution is 2.33. The lowest BCUT2D eigenvalue weighted by atomic mass is 10.0. The summed E-state index contributed by atoms with van der Waals surface area (Å²) in [6, 6.07) is 3.43. The first-order chi connectivity index (χ1) is 9.79. The van der Waals surface area contributed by atoms with Crippen molar-refractivity contribution in [3.63, 3.8) is 0 Å². The molecule has 0 heterocycles. The fraction of sp³-hybridized carbons (Fsp3) is 0.500. The Labute approximate surface area is 131 Å². The molecule has 0 bridgehead atoms. The highest BCUT2D eigenvalue weighted by Gasteiger charge is 2.21. The summed E-state index contributed by atoms with van der Waals surface area (Å²) >= 11 is 0. The Morgan fingerprint density at radius 2 is 2.05 bits per heavy atom. The maximum atomic E-state index is 11.7. The SMILES string of the molecule is Cc1cc(S(=O)(=O)Cl)c(C(C)C)cc1OC1C=CCCC1. The van der Waals surface area contributed by atoms with Gasteiger partial charge < -0.3 is 4.74 Å². The Morgan fingerprint density at radius 3 is 2.57 bits per heavy atom. The maximum Gasteiger partial charge on any atom is 0.261 e. The number of ether oxygens (including phenoxy) is 1. The number of halogens is 1. The minimum absolute atomic E-state index is 0.0540. The highest BCUT2D eigenvalue weighted by molar-refractivity contribution is 8.13. The molecule has 0 saturated heterocycles. The molecule has 0 aliphatic heterocycles. The van der Waals surface area contributed by atoms with Gasteiger partial charge in [0.1, 0.15) is 11.9 Å². The Balaban J connectivity index is 2.41. The predicted octanol–water partition coefficient (Wildman–Crippen LogP) is 4.53. The van der Waals surface area contributed by atoms with Crippen molar-refractivity contribution in [2.75, 3.05) is 0 Å². The van der Waals surface area contributed by atoms with E-state index in [0.29, 0.717) is 5.56 Å². The van der Waals surface area contributed by atoms with Crippen molar-refractivity contribution in [3.8, 4) is 5.75 Å². The third-order valence-electron chi connectivity index (χ3n) is 3.68. The summed E-state index contributed by atoms with van der Waals surface area (Å²) in [5.74, 6) is 0.790. The lowest BCUT2D eigenvalue weighted by Crippen LogP contribution is -2.16. The predicted molar refractivity (Wildman–Crippen MR) is 85.7 cm³/mol. The Bertz CT molecular complexity index is 648. The van der Waals surface area contributed by atoms with E-state index in [0.717, 1.165) is 30.6 Å². The van der Waals surface area contributed by atoms with Crippen LogP contribution < -0.4 is 4.74 Å². The van der Waals surface area contributed by atoms with Crippen molar-refractivity contribution in [3.05, 3.63) is 35.4 Å². The highest BCUT2D eigenvalue weighted by atomic mass is 35.7. The zero-order valence-electron chi connectivity index (χ0n) is 12.6. The van der Waals surface area contributed by atoms with Crippen LogP contribution in [0.25, 0.3) is 0 Å². The summed E-state index contributed by atoms with van der Waals surface area (Å²) in [7, 11) is 1.80. The first-order valence-corrected chi connectivity index (χ1v) is 9.52. The third-order valence-corrected chi connectivity index (χ3v) is 5.06. The van der Waals surface area contributed by atoms with Gasteiger partial charge in [0.25, 0.3) is 9.05 Å². The average molecular weight is 329 g/mol. The molecule has 21 heavy (non-hydrogen) atoms. The van der Waals surface area contributed by atoms with Gasteiger partial charge in [-0.15, -0.1) is 0 Å². The van der Waals surface area contributed by atoms with Crippen LogP contribution in [0.15, 0.2) is 29.2 Å². The van der Waals surface area contributed by atoms with E-state index in [2.05, 4.69) is 12.2 Å². The largest absolute Gasteiger partial charge is 0.486 e. The van der Waals surface area contributed by atoms with Crippen molar-refractivity contribution >= 4 is 19.7 Å². The molecular formula is C16H21ClO3S. The van der Waals surface area contributed by atoms with E-state index >= 15 is 0 Å². The van der Waals surface area contributed by atoms with E-state index in [1.54, 1.807) is 6.07 Å². The molecule has 0 fully saturated rings. The van der Waals surface area contributed by atoms with Gasteiger partial charge in [0.05, 0.1) is 4.90 Å². The summed E-state index contributed by atoms with van der Waals surface area (Å²) in [6.45, 7) is 5.73. The smallest absolute Gasteiger partial charge is 0.261 e. The van der Waals surface area contributed by atoms with Crippen LogP contribution in [0.1, 0.15) is 50.2 Å². The lowest BCUT2D eigenvalue weighted by Gasteiger charge is -2.22. The van der Waals surface area contributed by atoms with Crippen LogP contribution in [-0.2, 0) is 9.05 Å². The average Bonchev–Trinajstić information content (AvgIpc) is 2.40. The molecule has 116 valence electrons. The van der Waals surface area contributed by atoms with Crippen molar-refractivity contribution in [1.29, 1.82) is 0 Å². The van der Waals surface area contributed by atoms with Gasteiger partial charge in [0, 0.05) is 10.7 Å². The molecule has 1 atom stereocenters.